The summed E-state index contributed by atoms with van der Waals surface area (Å²) >= 11 is 1.55. The normalized spacial score (nSPS) is 34.7. The number of rotatable bonds is 6. The summed E-state index contributed by atoms with van der Waals surface area (Å²) in [6.07, 6.45) is 3.03. The second-order valence-electron chi connectivity index (χ2n) is 6.42. The van der Waals surface area contributed by atoms with E-state index in [0.717, 1.165) is 6.42 Å². The van der Waals surface area contributed by atoms with Crippen LogP contribution in [-0.2, 0) is 14.3 Å². The second kappa shape index (κ2) is 5.78. The predicted octanol–water partition coefficient (Wildman–Crippen LogP) is 0.451. The Kier molecular flexibility index (Phi) is 4.56. The maximum Gasteiger partial charge on any atom is 0.326 e. The Morgan fingerprint density at radius 2 is 2.19 bits per heavy atom. The lowest BCUT2D eigenvalue weighted by Gasteiger charge is -2.60. The lowest BCUT2D eigenvalue weighted by molar-refractivity contribution is -0.176. The Hall–Kier alpha value is -0.790. The van der Waals surface area contributed by atoms with Crippen LogP contribution >= 0.6 is 11.8 Å². The molecular weight excluding hydrogens is 292 g/mol. The fourth-order valence-corrected chi connectivity index (χ4v) is 4.09. The van der Waals surface area contributed by atoms with Crippen LogP contribution in [0.3, 0.4) is 0 Å². The van der Waals surface area contributed by atoms with Gasteiger partial charge < -0.3 is 20.9 Å². The van der Waals surface area contributed by atoms with Gasteiger partial charge in [0.2, 0.25) is 5.91 Å². The zero-order valence-electron chi connectivity index (χ0n) is 12.7. The summed E-state index contributed by atoms with van der Waals surface area (Å²) in [6, 6.07) is -0.887. The molecule has 21 heavy (non-hydrogen) atoms. The van der Waals surface area contributed by atoms with Crippen molar-refractivity contribution in [2.45, 2.75) is 44.4 Å². The summed E-state index contributed by atoms with van der Waals surface area (Å²) in [4.78, 5) is 23.9. The first-order valence-corrected chi connectivity index (χ1v) is 8.59. The maximum atomic E-state index is 12.6. The molecule has 7 heteroatoms. The molecule has 1 heterocycles. The van der Waals surface area contributed by atoms with Crippen LogP contribution in [0.4, 0.5) is 0 Å². The zero-order chi connectivity index (χ0) is 15.8. The number of hydrogen-bond donors (Lipinski definition) is 3. The van der Waals surface area contributed by atoms with Crippen LogP contribution in [0.5, 0.6) is 0 Å². The van der Waals surface area contributed by atoms with Crippen LogP contribution in [0.25, 0.3) is 0 Å². The van der Waals surface area contributed by atoms with Gasteiger partial charge in [-0.25, -0.2) is 4.79 Å². The fraction of sp³-hybridized carbons (Fsp3) is 0.857. The smallest absolute Gasteiger partial charge is 0.326 e. The SMILES string of the molecule is CSCC[C@@H](NC(=O)C1(N)C2CCOC2C1(C)C)C(=O)O. The number of amides is 1. The van der Waals surface area contributed by atoms with Crippen LogP contribution in [0.2, 0.25) is 0 Å². The molecule has 0 radical (unpaired) electrons. The van der Waals surface area contributed by atoms with Crippen molar-refractivity contribution < 1.29 is 19.4 Å². The Morgan fingerprint density at radius 3 is 2.76 bits per heavy atom. The van der Waals surface area contributed by atoms with Crippen molar-refractivity contribution in [3.63, 3.8) is 0 Å². The quantitative estimate of drug-likeness (QED) is 0.658. The Balaban J connectivity index is 2.09. The van der Waals surface area contributed by atoms with Crippen LogP contribution < -0.4 is 11.1 Å². The average Bonchev–Trinajstić information content (AvgIpc) is 2.90. The Labute approximate surface area is 129 Å². The van der Waals surface area contributed by atoms with Crippen molar-refractivity contribution in [1.29, 1.82) is 0 Å². The molecule has 3 unspecified atom stereocenters. The monoisotopic (exact) mass is 316 g/mol. The van der Waals surface area contributed by atoms with Crippen molar-refractivity contribution in [2.75, 3.05) is 18.6 Å². The maximum absolute atomic E-state index is 12.6. The van der Waals surface area contributed by atoms with E-state index in [1.54, 1.807) is 11.8 Å². The molecular formula is C14H24N2O4S. The molecule has 1 aliphatic heterocycles. The van der Waals surface area contributed by atoms with Gasteiger partial charge in [0.25, 0.3) is 0 Å². The molecule has 0 aromatic carbocycles. The molecule has 1 saturated heterocycles. The van der Waals surface area contributed by atoms with Crippen molar-refractivity contribution in [2.24, 2.45) is 17.1 Å². The van der Waals surface area contributed by atoms with E-state index in [0.29, 0.717) is 18.8 Å². The third kappa shape index (κ3) is 2.45. The topological polar surface area (TPSA) is 102 Å². The number of aliphatic carboxylic acids is 1. The minimum absolute atomic E-state index is 0.0114. The van der Waals surface area contributed by atoms with Crippen LogP contribution in [0.15, 0.2) is 0 Å². The van der Waals surface area contributed by atoms with Crippen LogP contribution in [0.1, 0.15) is 26.7 Å². The minimum Gasteiger partial charge on any atom is -0.480 e. The standard InChI is InChI=1S/C14H24N2O4S/c1-13(2)10-8(4-6-20-10)14(13,15)12(19)16-9(11(17)18)5-7-21-3/h8-10H,4-7,15H2,1-3H3,(H,16,19)(H,17,18)/t8?,9-,10?,14?/m1/s1. The third-order valence-electron chi connectivity index (χ3n) is 5.04. The van der Waals surface area contributed by atoms with Gasteiger partial charge in [0.15, 0.2) is 0 Å². The highest BCUT2D eigenvalue weighted by atomic mass is 32.2. The highest BCUT2D eigenvalue weighted by Gasteiger charge is 2.71. The van der Waals surface area contributed by atoms with E-state index >= 15 is 0 Å². The number of nitrogens with two attached hydrogens (primary N) is 1. The molecule has 120 valence electrons. The summed E-state index contributed by atoms with van der Waals surface area (Å²) in [5.74, 6) is -0.736. The second-order valence-corrected chi connectivity index (χ2v) is 7.41. The van der Waals surface area contributed by atoms with Gasteiger partial charge in [0.1, 0.15) is 11.6 Å². The molecule has 2 aliphatic rings. The Morgan fingerprint density at radius 1 is 1.52 bits per heavy atom. The molecule has 1 amide bonds. The number of carbonyl (C=O) groups excluding carboxylic acids is 1. The number of ether oxygens (including phenoxy) is 1. The summed E-state index contributed by atoms with van der Waals surface area (Å²) in [5, 5.41) is 11.9. The molecule has 0 bridgehead atoms. The first-order chi connectivity index (χ1) is 9.76. The molecule has 1 saturated carbocycles. The lowest BCUT2D eigenvalue weighted by Crippen LogP contribution is -2.80. The van der Waals surface area contributed by atoms with Crippen molar-refractivity contribution >= 4 is 23.6 Å². The van der Waals surface area contributed by atoms with Gasteiger partial charge in [-0.05, 0) is 24.9 Å². The summed E-state index contributed by atoms with van der Waals surface area (Å²) < 4.78 is 5.65. The van der Waals surface area contributed by atoms with Crippen molar-refractivity contribution in [3.05, 3.63) is 0 Å². The first-order valence-electron chi connectivity index (χ1n) is 7.20. The minimum atomic E-state index is -1.05. The molecule has 0 spiro atoms. The molecule has 4 N–H and O–H groups in total. The molecule has 0 aromatic heterocycles. The van der Waals surface area contributed by atoms with Crippen LogP contribution in [0, 0.1) is 11.3 Å². The number of carboxylic acids is 1. The van der Waals surface area contributed by atoms with Gasteiger partial charge in [-0.2, -0.15) is 11.8 Å². The van der Waals surface area contributed by atoms with Gasteiger partial charge in [0, 0.05) is 17.9 Å². The average molecular weight is 316 g/mol. The van der Waals surface area contributed by atoms with Crippen molar-refractivity contribution in [1.82, 2.24) is 5.32 Å². The number of hydrogen-bond acceptors (Lipinski definition) is 5. The first kappa shape index (κ1) is 16.6. The number of thioether (sulfide) groups is 1. The van der Waals surface area contributed by atoms with E-state index in [-0.39, 0.29) is 17.9 Å². The summed E-state index contributed by atoms with van der Waals surface area (Å²) in [7, 11) is 0. The number of carbonyl (C=O) groups is 2. The summed E-state index contributed by atoms with van der Waals surface area (Å²) in [5.41, 5.74) is 4.86. The lowest BCUT2D eigenvalue weighted by atomic mass is 9.48. The highest BCUT2D eigenvalue weighted by Crippen LogP contribution is 2.58. The molecule has 4 atom stereocenters. The van der Waals surface area contributed by atoms with Crippen molar-refractivity contribution in [3.8, 4) is 0 Å². The Bertz CT molecular complexity index is 443. The van der Waals surface area contributed by atoms with E-state index in [1.165, 1.54) is 0 Å². The van der Waals surface area contributed by atoms with E-state index in [2.05, 4.69) is 5.32 Å². The van der Waals surface area contributed by atoms with Gasteiger partial charge in [-0.15, -0.1) is 0 Å². The van der Waals surface area contributed by atoms with E-state index in [1.807, 2.05) is 20.1 Å². The summed E-state index contributed by atoms with van der Waals surface area (Å²) in [6.45, 7) is 4.44. The van der Waals surface area contributed by atoms with Gasteiger partial charge in [-0.1, -0.05) is 13.8 Å². The van der Waals surface area contributed by atoms with E-state index in [4.69, 9.17) is 10.5 Å². The largest absolute Gasteiger partial charge is 0.480 e. The number of fused-ring (bicyclic) bond motifs is 1. The van der Waals surface area contributed by atoms with E-state index in [9.17, 15) is 14.7 Å². The predicted molar refractivity (Wildman–Crippen MR) is 81.1 cm³/mol. The molecule has 0 aromatic rings. The van der Waals surface area contributed by atoms with Gasteiger partial charge in [-0.3, -0.25) is 4.79 Å². The number of nitrogens with one attached hydrogen (secondary N) is 1. The number of carboxylic acid groups (broad SMARTS) is 1. The van der Waals surface area contributed by atoms with Gasteiger partial charge >= 0.3 is 5.97 Å². The highest BCUT2D eigenvalue weighted by molar-refractivity contribution is 7.98. The zero-order valence-corrected chi connectivity index (χ0v) is 13.5. The molecule has 6 nitrogen and oxygen atoms in total. The third-order valence-corrected chi connectivity index (χ3v) is 5.69. The van der Waals surface area contributed by atoms with E-state index < -0.39 is 23.0 Å². The van der Waals surface area contributed by atoms with Crippen LogP contribution in [-0.4, -0.2) is 53.3 Å². The fourth-order valence-electron chi connectivity index (χ4n) is 3.62. The van der Waals surface area contributed by atoms with Gasteiger partial charge in [0.05, 0.1) is 6.10 Å². The molecule has 1 aliphatic carbocycles. The molecule has 2 fully saturated rings. The molecule has 2 rings (SSSR count).